The number of phenols is 1. The van der Waals surface area contributed by atoms with Crippen LogP contribution in [0.25, 0.3) is 0 Å². The van der Waals surface area contributed by atoms with E-state index in [0.717, 1.165) is 12.0 Å². The summed E-state index contributed by atoms with van der Waals surface area (Å²) < 4.78 is 0. The summed E-state index contributed by atoms with van der Waals surface area (Å²) in [5, 5.41) is 18.3. The van der Waals surface area contributed by atoms with E-state index in [-0.39, 0.29) is 11.7 Å². The second-order valence-electron chi connectivity index (χ2n) is 3.91. The summed E-state index contributed by atoms with van der Waals surface area (Å²) in [7, 11) is 0. The molecule has 1 aromatic carbocycles. The van der Waals surface area contributed by atoms with Crippen molar-refractivity contribution in [2.75, 3.05) is 0 Å². The van der Waals surface area contributed by atoms with Crippen LogP contribution in [0.2, 0.25) is 0 Å². The van der Waals surface area contributed by atoms with Gasteiger partial charge in [-0.3, -0.25) is 0 Å². The molecule has 0 aliphatic rings. The molecule has 0 heterocycles. The molecule has 0 bridgehead atoms. The SMILES string of the molecule is CC(C)CC(C#N)c1cccc(O)c1. The molecule has 0 amide bonds. The van der Waals surface area contributed by atoms with Crippen molar-refractivity contribution >= 4 is 0 Å². The smallest absolute Gasteiger partial charge is 0.115 e. The van der Waals surface area contributed by atoms with E-state index in [1.54, 1.807) is 18.2 Å². The van der Waals surface area contributed by atoms with Gasteiger partial charge in [0, 0.05) is 0 Å². The zero-order valence-electron chi connectivity index (χ0n) is 8.57. The fourth-order valence-corrected chi connectivity index (χ4v) is 1.48. The molecule has 0 aromatic heterocycles. The first-order chi connectivity index (χ1) is 6.63. The average Bonchev–Trinajstić information content (AvgIpc) is 2.14. The van der Waals surface area contributed by atoms with Crippen molar-refractivity contribution in [3.63, 3.8) is 0 Å². The molecule has 74 valence electrons. The van der Waals surface area contributed by atoms with Crippen LogP contribution in [0.1, 0.15) is 31.7 Å². The van der Waals surface area contributed by atoms with Crippen molar-refractivity contribution in [1.29, 1.82) is 5.26 Å². The van der Waals surface area contributed by atoms with E-state index >= 15 is 0 Å². The lowest BCUT2D eigenvalue weighted by atomic mass is 9.91. The molecular formula is C12H15NO. The van der Waals surface area contributed by atoms with Gasteiger partial charge in [-0.15, -0.1) is 0 Å². The maximum atomic E-state index is 9.28. The van der Waals surface area contributed by atoms with Crippen molar-refractivity contribution < 1.29 is 5.11 Å². The number of rotatable bonds is 3. The van der Waals surface area contributed by atoms with E-state index in [1.807, 2.05) is 6.07 Å². The second kappa shape index (κ2) is 4.66. The quantitative estimate of drug-likeness (QED) is 0.794. The molecule has 14 heavy (non-hydrogen) atoms. The Kier molecular flexibility index (Phi) is 3.53. The van der Waals surface area contributed by atoms with E-state index in [1.165, 1.54) is 0 Å². The van der Waals surface area contributed by atoms with Crippen LogP contribution >= 0.6 is 0 Å². The Morgan fingerprint density at radius 1 is 1.43 bits per heavy atom. The van der Waals surface area contributed by atoms with Crippen LogP contribution in [0.5, 0.6) is 5.75 Å². The van der Waals surface area contributed by atoms with Gasteiger partial charge in [-0.05, 0) is 30.0 Å². The molecule has 0 saturated carbocycles. The maximum absolute atomic E-state index is 9.28. The summed E-state index contributed by atoms with van der Waals surface area (Å²) in [6, 6.07) is 9.21. The topological polar surface area (TPSA) is 44.0 Å². The second-order valence-corrected chi connectivity index (χ2v) is 3.91. The van der Waals surface area contributed by atoms with Gasteiger partial charge in [-0.2, -0.15) is 5.26 Å². The van der Waals surface area contributed by atoms with Gasteiger partial charge in [0.1, 0.15) is 5.75 Å². The molecule has 0 radical (unpaired) electrons. The maximum Gasteiger partial charge on any atom is 0.115 e. The summed E-state index contributed by atoms with van der Waals surface area (Å²) in [6.07, 6.45) is 0.833. The van der Waals surface area contributed by atoms with Crippen LogP contribution in [0.3, 0.4) is 0 Å². The van der Waals surface area contributed by atoms with Crippen molar-refractivity contribution in [3.8, 4) is 11.8 Å². The minimum absolute atomic E-state index is 0.109. The number of hydrogen-bond donors (Lipinski definition) is 1. The Labute approximate surface area is 84.8 Å². The molecule has 0 aliphatic heterocycles. The number of phenolic OH excluding ortho intramolecular Hbond substituents is 1. The van der Waals surface area contributed by atoms with Crippen molar-refractivity contribution in [3.05, 3.63) is 29.8 Å². The lowest BCUT2D eigenvalue weighted by molar-refractivity contribution is 0.473. The molecule has 0 saturated heterocycles. The van der Waals surface area contributed by atoms with E-state index in [4.69, 9.17) is 5.26 Å². The molecule has 0 aliphatic carbocycles. The number of nitriles is 1. The van der Waals surface area contributed by atoms with Crippen LogP contribution in [0.4, 0.5) is 0 Å². The zero-order chi connectivity index (χ0) is 10.6. The van der Waals surface area contributed by atoms with Gasteiger partial charge in [-0.25, -0.2) is 0 Å². The van der Waals surface area contributed by atoms with E-state index in [0.29, 0.717) is 5.92 Å². The molecule has 0 spiro atoms. The van der Waals surface area contributed by atoms with E-state index in [2.05, 4.69) is 19.9 Å². The third kappa shape index (κ3) is 2.77. The third-order valence-corrected chi connectivity index (χ3v) is 2.14. The van der Waals surface area contributed by atoms with Crippen molar-refractivity contribution in [2.24, 2.45) is 5.92 Å². The minimum atomic E-state index is -0.109. The number of hydrogen-bond acceptors (Lipinski definition) is 2. The predicted octanol–water partition coefficient (Wildman–Crippen LogP) is 3.05. The van der Waals surface area contributed by atoms with Gasteiger partial charge in [0.2, 0.25) is 0 Å². The van der Waals surface area contributed by atoms with Crippen LogP contribution in [0, 0.1) is 17.2 Å². The largest absolute Gasteiger partial charge is 0.508 e. The highest BCUT2D eigenvalue weighted by Crippen LogP contribution is 2.25. The van der Waals surface area contributed by atoms with Crippen molar-refractivity contribution in [2.45, 2.75) is 26.2 Å². The first-order valence-electron chi connectivity index (χ1n) is 4.82. The van der Waals surface area contributed by atoms with Crippen LogP contribution in [-0.4, -0.2) is 5.11 Å². The predicted molar refractivity (Wildman–Crippen MR) is 55.9 cm³/mol. The fraction of sp³-hybridized carbons (Fsp3) is 0.417. The highest BCUT2D eigenvalue weighted by Gasteiger charge is 2.12. The Balaban J connectivity index is 2.85. The first kappa shape index (κ1) is 10.6. The molecule has 0 fully saturated rings. The van der Waals surface area contributed by atoms with Crippen LogP contribution < -0.4 is 0 Å². The van der Waals surface area contributed by atoms with Gasteiger partial charge in [0.25, 0.3) is 0 Å². The monoisotopic (exact) mass is 189 g/mol. The number of aromatic hydroxyl groups is 1. The normalized spacial score (nSPS) is 12.4. The highest BCUT2D eigenvalue weighted by atomic mass is 16.3. The fourth-order valence-electron chi connectivity index (χ4n) is 1.48. The Bertz CT molecular complexity index is 338. The van der Waals surface area contributed by atoms with Gasteiger partial charge < -0.3 is 5.11 Å². The Morgan fingerprint density at radius 2 is 2.14 bits per heavy atom. The van der Waals surface area contributed by atoms with Gasteiger partial charge >= 0.3 is 0 Å². The molecular weight excluding hydrogens is 174 g/mol. The van der Waals surface area contributed by atoms with Crippen molar-refractivity contribution in [1.82, 2.24) is 0 Å². The lowest BCUT2D eigenvalue weighted by Crippen LogP contribution is -2.00. The Morgan fingerprint density at radius 3 is 2.64 bits per heavy atom. The van der Waals surface area contributed by atoms with Gasteiger partial charge in [0.05, 0.1) is 12.0 Å². The summed E-state index contributed by atoms with van der Waals surface area (Å²) in [5.74, 6) is 0.607. The van der Waals surface area contributed by atoms with Crippen LogP contribution in [0.15, 0.2) is 24.3 Å². The van der Waals surface area contributed by atoms with Crippen LogP contribution in [-0.2, 0) is 0 Å². The third-order valence-electron chi connectivity index (χ3n) is 2.14. The molecule has 1 atom stereocenters. The molecule has 2 nitrogen and oxygen atoms in total. The average molecular weight is 189 g/mol. The molecule has 2 heteroatoms. The highest BCUT2D eigenvalue weighted by molar-refractivity contribution is 5.32. The lowest BCUT2D eigenvalue weighted by Gasteiger charge is -2.11. The molecule has 1 aromatic rings. The molecule has 1 unspecified atom stereocenters. The van der Waals surface area contributed by atoms with Gasteiger partial charge in [0.15, 0.2) is 0 Å². The first-order valence-corrected chi connectivity index (χ1v) is 4.82. The summed E-state index contributed by atoms with van der Waals surface area (Å²) in [6.45, 7) is 4.18. The number of benzene rings is 1. The van der Waals surface area contributed by atoms with E-state index < -0.39 is 0 Å². The molecule has 1 N–H and O–H groups in total. The minimum Gasteiger partial charge on any atom is -0.508 e. The summed E-state index contributed by atoms with van der Waals surface area (Å²) >= 11 is 0. The Hall–Kier alpha value is -1.49. The van der Waals surface area contributed by atoms with E-state index in [9.17, 15) is 5.11 Å². The summed E-state index contributed by atoms with van der Waals surface area (Å²) in [4.78, 5) is 0. The molecule has 1 rings (SSSR count). The summed E-state index contributed by atoms with van der Waals surface area (Å²) in [5.41, 5.74) is 0.904. The number of nitrogens with zero attached hydrogens (tertiary/aromatic N) is 1. The van der Waals surface area contributed by atoms with Gasteiger partial charge in [-0.1, -0.05) is 26.0 Å². The standard InChI is InChI=1S/C12H15NO/c1-9(2)6-11(8-13)10-4-3-5-12(14)7-10/h3-5,7,9,11,14H,6H2,1-2H3. The zero-order valence-corrected chi connectivity index (χ0v) is 8.57.